The molecule has 1 N–H and O–H groups in total. The zero-order valence-electron chi connectivity index (χ0n) is 45.9. The molecule has 79 heavy (non-hydrogen) atoms. The Bertz CT molecular complexity index is 2230. The Hall–Kier alpha value is -7.02. The first-order chi connectivity index (χ1) is 37.0. The van der Waals surface area contributed by atoms with E-state index in [1.54, 1.807) is 6.08 Å². The maximum absolute atomic E-state index is 14.7. The van der Waals surface area contributed by atoms with E-state index in [2.05, 4.69) is 5.32 Å². The zero-order valence-corrected chi connectivity index (χ0v) is 45.9. The minimum absolute atomic E-state index is 0.518. The summed E-state index contributed by atoms with van der Waals surface area (Å²) in [7, 11) is 0.836. The molecule has 3 saturated heterocycles. The maximum Gasteiger partial charge on any atom is 0.366 e. The minimum Gasteiger partial charge on any atom is -0.469 e. The summed E-state index contributed by atoms with van der Waals surface area (Å²) in [6.45, 7) is 10.0. The number of hydrogen-bond donors (Lipinski definition) is 1. The highest BCUT2D eigenvalue weighted by Crippen LogP contribution is 2.42. The van der Waals surface area contributed by atoms with Gasteiger partial charge >= 0.3 is 65.7 Å². The van der Waals surface area contributed by atoms with Crippen LogP contribution in [-0.2, 0) is 138 Å². The molecule has 3 rings (SSSR count). The highest BCUT2D eigenvalue weighted by Gasteiger charge is 2.64. The van der Waals surface area contributed by atoms with Crippen LogP contribution in [0.1, 0.15) is 102 Å². The van der Waals surface area contributed by atoms with E-state index in [9.17, 15) is 57.5 Å². The van der Waals surface area contributed by atoms with Crippen molar-refractivity contribution < 1.29 is 138 Å². The average Bonchev–Trinajstić information content (AvgIpc) is 3.37. The first-order valence-electron chi connectivity index (χ1n) is 24.6. The van der Waals surface area contributed by atoms with Gasteiger partial charge in [-0.25, -0.2) is 4.79 Å². The lowest BCUT2D eigenvalue weighted by Gasteiger charge is -2.52. The van der Waals surface area contributed by atoms with Crippen molar-refractivity contribution in [3.8, 4) is 0 Å². The lowest BCUT2D eigenvalue weighted by Crippen LogP contribution is -2.72. The standard InChI is InChI=1S/C49H69NO29/c1-14-15-16-17-64-46-44(73-31(11)60)42(72-30(10)59)39(35(75-46)20-66-24(4)53)77-47-45(74-32(12)61)43(40(71-29(9)58)36(76-47)21-67-25(5)54)79-49(48(62)63-13)18-33(68-26(6)55)37(50-22(2)51)41(78-49)38(70-28(8)57)34(69-27(7)56)19-65-23(3)52/h16-17,33-47H,14-15,18-21H2,1-13H3,(H,50,51)/b17-16+/t33-,34+,35+,36+,37+,38+,39+,40-,41+,42-,43-,44+,45+,46+,47-,49-/m0/s1. The van der Waals surface area contributed by atoms with E-state index < -0.39 is 195 Å². The van der Waals surface area contributed by atoms with Crippen molar-refractivity contribution in [3.63, 3.8) is 0 Å². The Balaban J connectivity index is 2.53. The number of hydrogen-bond acceptors (Lipinski definition) is 29. The molecule has 3 fully saturated rings. The molecule has 0 radical (unpaired) electrons. The normalized spacial score (nSPS) is 29.1. The molecule has 0 saturated carbocycles. The maximum atomic E-state index is 14.7. The molecule has 0 aliphatic carbocycles. The topological polar surface area (TPSA) is 374 Å². The lowest BCUT2D eigenvalue weighted by molar-refractivity contribution is -0.385. The SMILES string of the molecule is CCC/C=C/O[C@@H]1O[C@H](COC(C)=O)[C@@H](O[C@@H]2O[C@H](COC(C)=O)[C@H](OC(C)=O)[C@H](O[C@]3(C(=O)OC)C[C@H](OC(C)=O)[C@@H](NC(C)=O)[C@H]([C@H](OC(C)=O)[C@@H](COC(C)=O)OC(C)=O)O3)[C@H]2OC(C)=O)[C@H](OC(C)=O)[C@H]1OC(C)=O. The number of ether oxygens (including phenoxy) is 17. The van der Waals surface area contributed by atoms with Crippen LogP contribution in [0.4, 0.5) is 0 Å². The van der Waals surface area contributed by atoms with Crippen molar-refractivity contribution in [2.45, 2.75) is 200 Å². The van der Waals surface area contributed by atoms with E-state index >= 15 is 0 Å². The molecule has 1 amide bonds. The van der Waals surface area contributed by atoms with Crippen molar-refractivity contribution in [2.24, 2.45) is 0 Å². The molecule has 16 atom stereocenters. The highest BCUT2D eigenvalue weighted by atomic mass is 16.8. The zero-order chi connectivity index (χ0) is 59.5. The van der Waals surface area contributed by atoms with Crippen LogP contribution in [0.5, 0.6) is 0 Å². The highest BCUT2D eigenvalue weighted by molar-refractivity contribution is 5.79. The van der Waals surface area contributed by atoms with Gasteiger partial charge in [-0.15, -0.1) is 0 Å². The summed E-state index contributed by atoms with van der Waals surface area (Å²) in [5.74, 6) is -15.7. The number of carbonyl (C=O) groups excluding carboxylic acids is 12. The van der Waals surface area contributed by atoms with Gasteiger partial charge < -0.3 is 85.8 Å². The first kappa shape index (κ1) is 66.3. The van der Waals surface area contributed by atoms with Gasteiger partial charge in [-0.05, 0) is 12.5 Å². The first-order valence-corrected chi connectivity index (χ1v) is 24.6. The van der Waals surface area contributed by atoms with Crippen molar-refractivity contribution in [3.05, 3.63) is 12.3 Å². The van der Waals surface area contributed by atoms with Gasteiger partial charge in [0, 0.05) is 76.2 Å². The summed E-state index contributed by atoms with van der Waals surface area (Å²) in [6.07, 6.45) is -23.9. The van der Waals surface area contributed by atoms with Gasteiger partial charge in [0.25, 0.3) is 5.79 Å². The number of methoxy groups -OCH3 is 1. The van der Waals surface area contributed by atoms with Crippen LogP contribution in [0.3, 0.4) is 0 Å². The molecule has 0 spiro atoms. The molecule has 30 nitrogen and oxygen atoms in total. The average molecular weight is 1140 g/mol. The molecule has 0 aromatic heterocycles. The Morgan fingerprint density at radius 1 is 0.570 bits per heavy atom. The van der Waals surface area contributed by atoms with Crippen LogP contribution in [0.25, 0.3) is 0 Å². The summed E-state index contributed by atoms with van der Waals surface area (Å²) >= 11 is 0. The van der Waals surface area contributed by atoms with Crippen LogP contribution in [0.15, 0.2) is 12.3 Å². The number of carbonyl (C=O) groups is 12. The Labute approximate surface area is 453 Å². The van der Waals surface area contributed by atoms with Gasteiger partial charge in [0.15, 0.2) is 36.8 Å². The van der Waals surface area contributed by atoms with Crippen LogP contribution >= 0.6 is 0 Å². The fraction of sp³-hybridized carbons (Fsp3) is 0.714. The molecule has 0 bridgehead atoms. The molecular formula is C49H69NO29. The van der Waals surface area contributed by atoms with Crippen LogP contribution in [0.2, 0.25) is 0 Å². The van der Waals surface area contributed by atoms with E-state index in [1.807, 2.05) is 6.92 Å². The molecule has 0 aromatic rings. The monoisotopic (exact) mass is 1140 g/mol. The summed E-state index contributed by atoms with van der Waals surface area (Å²) in [6, 6.07) is -1.71. The van der Waals surface area contributed by atoms with Crippen molar-refractivity contribution in [1.82, 2.24) is 5.32 Å². The molecule has 3 heterocycles. The molecule has 0 unspecified atom stereocenters. The number of allylic oxidation sites excluding steroid dienone is 1. The number of nitrogens with one attached hydrogen (secondary N) is 1. The third-order valence-corrected chi connectivity index (χ3v) is 11.2. The van der Waals surface area contributed by atoms with E-state index in [-0.39, 0.29) is 0 Å². The molecule has 3 aliphatic heterocycles. The fourth-order valence-corrected chi connectivity index (χ4v) is 8.50. The summed E-state index contributed by atoms with van der Waals surface area (Å²) in [4.78, 5) is 156. The largest absolute Gasteiger partial charge is 0.469 e. The quantitative estimate of drug-likeness (QED) is 0.0709. The van der Waals surface area contributed by atoms with Crippen LogP contribution in [0, 0.1) is 0 Å². The number of unbranched alkanes of at least 4 members (excludes halogenated alkanes) is 1. The predicted molar refractivity (Wildman–Crippen MR) is 253 cm³/mol. The Kier molecular flexibility index (Phi) is 26.0. The van der Waals surface area contributed by atoms with E-state index in [4.69, 9.17) is 80.5 Å². The van der Waals surface area contributed by atoms with Gasteiger partial charge in [-0.3, -0.25) is 52.7 Å². The second kappa shape index (κ2) is 30.9. The number of esters is 11. The van der Waals surface area contributed by atoms with Crippen molar-refractivity contribution in [1.29, 1.82) is 0 Å². The van der Waals surface area contributed by atoms with E-state index in [0.29, 0.717) is 12.8 Å². The van der Waals surface area contributed by atoms with E-state index in [0.717, 1.165) is 83.3 Å². The van der Waals surface area contributed by atoms with Crippen LogP contribution in [-0.4, -0.2) is 196 Å². The van der Waals surface area contributed by atoms with Crippen LogP contribution < -0.4 is 5.32 Å². The smallest absolute Gasteiger partial charge is 0.366 e. The molecule has 3 aliphatic rings. The Morgan fingerprint density at radius 3 is 1.54 bits per heavy atom. The predicted octanol–water partition coefficient (Wildman–Crippen LogP) is -0.0889. The minimum atomic E-state index is -3.15. The van der Waals surface area contributed by atoms with Gasteiger partial charge in [0.1, 0.15) is 56.4 Å². The van der Waals surface area contributed by atoms with Crippen molar-refractivity contribution >= 4 is 71.6 Å². The van der Waals surface area contributed by atoms with Gasteiger partial charge in [-0.2, -0.15) is 0 Å². The van der Waals surface area contributed by atoms with E-state index in [1.165, 1.54) is 6.26 Å². The molecule has 0 aromatic carbocycles. The third kappa shape index (κ3) is 20.3. The second-order valence-electron chi connectivity index (χ2n) is 17.9. The van der Waals surface area contributed by atoms with Gasteiger partial charge in [0.05, 0.1) is 25.8 Å². The summed E-state index contributed by atoms with van der Waals surface area (Å²) in [5, 5.41) is 2.50. The Morgan fingerprint density at radius 2 is 1.06 bits per heavy atom. The third-order valence-electron chi connectivity index (χ3n) is 11.2. The van der Waals surface area contributed by atoms with Gasteiger partial charge in [-0.1, -0.05) is 13.3 Å². The number of amides is 1. The molecular weight excluding hydrogens is 1070 g/mol. The second-order valence-corrected chi connectivity index (χ2v) is 17.9. The fourth-order valence-electron chi connectivity index (χ4n) is 8.50. The molecule has 444 valence electrons. The summed E-state index contributed by atoms with van der Waals surface area (Å²) in [5.41, 5.74) is 0. The molecule has 30 heteroatoms. The lowest BCUT2D eigenvalue weighted by atomic mass is 9.87. The number of rotatable bonds is 25. The summed E-state index contributed by atoms with van der Waals surface area (Å²) < 4.78 is 98.7. The van der Waals surface area contributed by atoms with Crippen molar-refractivity contribution in [2.75, 3.05) is 26.9 Å². The van der Waals surface area contributed by atoms with Gasteiger partial charge in [0.2, 0.25) is 18.3 Å².